The van der Waals surface area contributed by atoms with Gasteiger partial charge in [0.2, 0.25) is 0 Å². The molecule has 0 aliphatic rings. The number of carbonyl (C=O) groups is 1. The number of hydrogen-bond acceptors (Lipinski definition) is 7. The third-order valence-corrected chi connectivity index (χ3v) is 6.61. The first-order valence-corrected chi connectivity index (χ1v) is 11.4. The number of thiazole rings is 1. The molecule has 4 rings (SSSR count). The fourth-order valence-electron chi connectivity index (χ4n) is 2.34. The summed E-state index contributed by atoms with van der Waals surface area (Å²) in [6, 6.07) is 15.3. The highest BCUT2D eigenvalue weighted by molar-refractivity contribution is 7.99. The average Bonchev–Trinajstić information content (AvgIpc) is 3.16. The Hall–Kier alpha value is -2.46. The van der Waals surface area contributed by atoms with Gasteiger partial charge in [0.25, 0.3) is 5.91 Å². The van der Waals surface area contributed by atoms with Crippen molar-refractivity contribution < 1.29 is 9.18 Å². The molecule has 10 heteroatoms. The van der Waals surface area contributed by atoms with Crippen molar-refractivity contribution in [2.45, 2.75) is 19.8 Å². The van der Waals surface area contributed by atoms with Crippen LogP contribution in [0, 0.1) is 5.82 Å². The predicted molar refractivity (Wildman–Crippen MR) is 118 cm³/mol. The van der Waals surface area contributed by atoms with Crippen molar-refractivity contribution in [2.24, 2.45) is 0 Å². The van der Waals surface area contributed by atoms with E-state index in [4.69, 9.17) is 11.6 Å². The van der Waals surface area contributed by atoms with Crippen molar-refractivity contribution in [1.82, 2.24) is 15.0 Å². The van der Waals surface area contributed by atoms with Crippen LogP contribution in [0.4, 0.5) is 9.52 Å². The number of aromatic nitrogens is 3. The number of amides is 1. The zero-order valence-electron chi connectivity index (χ0n) is 15.1. The van der Waals surface area contributed by atoms with Crippen molar-refractivity contribution in [3.05, 3.63) is 82.8 Å². The van der Waals surface area contributed by atoms with Crippen molar-refractivity contribution in [3.63, 3.8) is 0 Å². The number of nitrogens with one attached hydrogen (secondary N) is 1. The largest absolute Gasteiger partial charge is 0.296 e. The van der Waals surface area contributed by atoms with Gasteiger partial charge < -0.3 is 0 Å². The molecule has 0 unspecified atom stereocenters. The number of nitrogens with zero attached hydrogens (tertiary/aromatic N) is 3. The first-order valence-electron chi connectivity index (χ1n) is 8.53. The number of pyridine rings is 2. The normalized spacial score (nSPS) is 10.7. The molecule has 0 radical (unpaired) electrons. The second kappa shape index (κ2) is 9.57. The van der Waals surface area contributed by atoms with Crippen LogP contribution in [0.25, 0.3) is 0 Å². The number of benzene rings is 1. The summed E-state index contributed by atoms with van der Waals surface area (Å²) < 4.78 is 13.7. The van der Waals surface area contributed by atoms with E-state index in [0.717, 1.165) is 21.3 Å². The van der Waals surface area contributed by atoms with Crippen LogP contribution in [0.1, 0.15) is 10.5 Å². The molecule has 3 heterocycles. The third-order valence-electron chi connectivity index (χ3n) is 3.63. The molecule has 0 saturated carbocycles. The smallest absolute Gasteiger partial charge is 0.277 e. The molecular formula is C20H12ClFN4OS3. The Balaban J connectivity index is 1.65. The molecule has 30 heavy (non-hydrogen) atoms. The monoisotopic (exact) mass is 474 g/mol. The summed E-state index contributed by atoms with van der Waals surface area (Å²) in [5, 5.41) is 4.50. The molecule has 4 aromatic rings. The van der Waals surface area contributed by atoms with Gasteiger partial charge in [-0.15, -0.1) is 0 Å². The van der Waals surface area contributed by atoms with Crippen molar-refractivity contribution in [2.75, 3.05) is 5.32 Å². The molecule has 1 aromatic carbocycles. The first kappa shape index (κ1) is 20.8. The molecule has 0 saturated heterocycles. The third kappa shape index (κ3) is 5.37. The minimum atomic E-state index is -0.408. The number of halogens is 2. The standard InChI is InChI=1S/C20H12ClFN4OS3/c21-15-11-24-20(29-15)26-19(27)18-14(28-13-6-4-12(22)5-7-13)8-9-17(25-18)30-16-3-1-2-10-23-16/h1-11H,(H,24,26,27). The van der Waals surface area contributed by atoms with Crippen LogP contribution in [0.15, 0.2) is 86.8 Å². The van der Waals surface area contributed by atoms with Gasteiger partial charge >= 0.3 is 0 Å². The van der Waals surface area contributed by atoms with Crippen LogP contribution in [-0.2, 0) is 0 Å². The molecule has 0 bridgehead atoms. The maximum absolute atomic E-state index is 13.2. The summed E-state index contributed by atoms with van der Waals surface area (Å²) >= 11 is 9.74. The van der Waals surface area contributed by atoms with E-state index in [0.29, 0.717) is 19.4 Å². The lowest BCUT2D eigenvalue weighted by molar-refractivity contribution is 0.101. The molecular weight excluding hydrogens is 463 g/mol. The van der Waals surface area contributed by atoms with Gasteiger partial charge in [-0.2, -0.15) is 0 Å². The topological polar surface area (TPSA) is 67.8 Å². The van der Waals surface area contributed by atoms with Crippen LogP contribution in [0.2, 0.25) is 4.34 Å². The zero-order valence-corrected chi connectivity index (χ0v) is 18.3. The molecule has 3 aromatic heterocycles. The van der Waals surface area contributed by atoms with Gasteiger partial charge in [0, 0.05) is 16.0 Å². The van der Waals surface area contributed by atoms with E-state index in [1.54, 1.807) is 18.3 Å². The highest BCUT2D eigenvalue weighted by atomic mass is 35.5. The molecule has 1 N–H and O–H groups in total. The van der Waals surface area contributed by atoms with E-state index in [9.17, 15) is 9.18 Å². The summed E-state index contributed by atoms with van der Waals surface area (Å²) in [5.41, 5.74) is 0.233. The summed E-state index contributed by atoms with van der Waals surface area (Å²) in [6.07, 6.45) is 3.16. The molecule has 150 valence electrons. The Morgan fingerprint density at radius 1 is 1.00 bits per heavy atom. The first-order chi connectivity index (χ1) is 14.6. The van der Waals surface area contributed by atoms with Gasteiger partial charge in [-0.1, -0.05) is 52.5 Å². The van der Waals surface area contributed by atoms with E-state index in [-0.39, 0.29) is 11.5 Å². The van der Waals surface area contributed by atoms with E-state index in [1.165, 1.54) is 41.9 Å². The van der Waals surface area contributed by atoms with Crippen LogP contribution in [0.3, 0.4) is 0 Å². The van der Waals surface area contributed by atoms with E-state index in [1.807, 2.05) is 30.3 Å². The molecule has 0 spiro atoms. The molecule has 0 fully saturated rings. The lowest BCUT2D eigenvalue weighted by atomic mass is 10.3. The van der Waals surface area contributed by atoms with Crippen LogP contribution in [0.5, 0.6) is 0 Å². The summed E-state index contributed by atoms with van der Waals surface area (Å²) in [6.45, 7) is 0. The Kier molecular flexibility index (Phi) is 6.63. The zero-order chi connectivity index (χ0) is 20.9. The summed E-state index contributed by atoms with van der Waals surface area (Å²) in [4.78, 5) is 27.2. The van der Waals surface area contributed by atoms with Crippen molar-refractivity contribution in [3.8, 4) is 0 Å². The SMILES string of the molecule is O=C(Nc1ncc(Cl)s1)c1nc(Sc2ccccn2)ccc1Sc1ccc(F)cc1. The van der Waals surface area contributed by atoms with Gasteiger partial charge in [0.05, 0.1) is 6.20 Å². The summed E-state index contributed by atoms with van der Waals surface area (Å²) in [7, 11) is 0. The Labute approximate surface area is 189 Å². The van der Waals surface area contributed by atoms with E-state index < -0.39 is 5.91 Å². The van der Waals surface area contributed by atoms with Gasteiger partial charge in [-0.25, -0.2) is 19.3 Å². The minimum Gasteiger partial charge on any atom is -0.296 e. The Bertz CT molecular complexity index is 1170. The van der Waals surface area contributed by atoms with Crippen LogP contribution >= 0.6 is 46.5 Å². The van der Waals surface area contributed by atoms with E-state index in [2.05, 4.69) is 20.3 Å². The van der Waals surface area contributed by atoms with Gasteiger partial charge in [0.1, 0.15) is 25.9 Å². The van der Waals surface area contributed by atoms with Crippen molar-refractivity contribution in [1.29, 1.82) is 0 Å². The lowest BCUT2D eigenvalue weighted by Gasteiger charge is -2.10. The molecule has 1 amide bonds. The molecule has 5 nitrogen and oxygen atoms in total. The van der Waals surface area contributed by atoms with Gasteiger partial charge in [-0.05, 0) is 48.5 Å². The van der Waals surface area contributed by atoms with Gasteiger partial charge in [0.15, 0.2) is 5.13 Å². The molecule has 0 aliphatic carbocycles. The maximum atomic E-state index is 13.2. The maximum Gasteiger partial charge on any atom is 0.277 e. The molecule has 0 atom stereocenters. The highest BCUT2D eigenvalue weighted by Crippen LogP contribution is 2.33. The lowest BCUT2D eigenvalue weighted by Crippen LogP contribution is -2.15. The van der Waals surface area contributed by atoms with E-state index >= 15 is 0 Å². The van der Waals surface area contributed by atoms with Gasteiger partial charge in [-0.3, -0.25) is 10.1 Å². The number of anilines is 1. The minimum absolute atomic E-state index is 0.233. The summed E-state index contributed by atoms with van der Waals surface area (Å²) in [5.74, 6) is -0.729. The quantitative estimate of drug-likeness (QED) is 0.354. The molecule has 0 aliphatic heterocycles. The average molecular weight is 475 g/mol. The number of rotatable bonds is 6. The fraction of sp³-hybridized carbons (Fsp3) is 0. The fourth-order valence-corrected chi connectivity index (χ4v) is 4.80. The Morgan fingerprint density at radius 2 is 1.83 bits per heavy atom. The number of carbonyl (C=O) groups excluding carboxylic acids is 1. The Morgan fingerprint density at radius 3 is 2.53 bits per heavy atom. The van der Waals surface area contributed by atoms with Crippen molar-refractivity contribution >= 4 is 57.5 Å². The van der Waals surface area contributed by atoms with Crippen LogP contribution in [-0.4, -0.2) is 20.9 Å². The predicted octanol–water partition coefficient (Wildman–Crippen LogP) is 6.28. The van der Waals surface area contributed by atoms with Crippen LogP contribution < -0.4 is 5.32 Å². The highest BCUT2D eigenvalue weighted by Gasteiger charge is 2.18. The second-order valence-corrected chi connectivity index (χ2v) is 9.56. The second-order valence-electron chi connectivity index (χ2n) is 5.75. The number of hydrogen-bond donors (Lipinski definition) is 1.